The Morgan fingerprint density at radius 1 is 1.35 bits per heavy atom. The summed E-state index contributed by atoms with van der Waals surface area (Å²) in [5, 5.41) is 8.91. The molecular formula is C21H26N2O3. The molecule has 1 N–H and O–H groups in total. The molecule has 0 fully saturated rings. The summed E-state index contributed by atoms with van der Waals surface area (Å²) < 4.78 is 6.18. The third-order valence-electron chi connectivity index (χ3n) is 4.68. The summed E-state index contributed by atoms with van der Waals surface area (Å²) in [7, 11) is 0. The van der Waals surface area contributed by atoms with E-state index < -0.39 is 5.97 Å². The first-order valence-corrected chi connectivity index (χ1v) is 8.97. The number of fused-ring (bicyclic) bond motifs is 1. The van der Waals surface area contributed by atoms with Crippen molar-refractivity contribution in [3.63, 3.8) is 0 Å². The molecule has 138 valence electrons. The Morgan fingerprint density at radius 3 is 2.92 bits per heavy atom. The second-order valence-corrected chi connectivity index (χ2v) is 7.64. The van der Waals surface area contributed by atoms with Crippen molar-refractivity contribution < 1.29 is 14.6 Å². The molecule has 5 nitrogen and oxygen atoms in total. The number of pyridine rings is 1. The average Bonchev–Trinajstić information content (AvgIpc) is 2.69. The van der Waals surface area contributed by atoms with Crippen LogP contribution in [0.4, 0.5) is 0 Å². The summed E-state index contributed by atoms with van der Waals surface area (Å²) in [5.74, 6) is 0.141. The lowest BCUT2D eigenvalue weighted by Crippen LogP contribution is -2.40. The molecule has 1 aromatic carbocycles. The van der Waals surface area contributed by atoms with Gasteiger partial charge in [0.2, 0.25) is 0 Å². The molecule has 0 radical (unpaired) electrons. The largest absolute Gasteiger partial charge is 0.486 e. The number of aromatic nitrogens is 1. The van der Waals surface area contributed by atoms with Gasteiger partial charge in [0.15, 0.2) is 0 Å². The number of aryl methyl sites for hydroxylation is 2. The van der Waals surface area contributed by atoms with Crippen molar-refractivity contribution in [2.24, 2.45) is 0 Å². The second kappa shape index (κ2) is 7.46. The van der Waals surface area contributed by atoms with Crippen molar-refractivity contribution in [3.8, 4) is 5.75 Å². The zero-order chi connectivity index (χ0) is 18.7. The lowest BCUT2D eigenvalue weighted by Gasteiger charge is -2.30. The van der Waals surface area contributed by atoms with E-state index in [4.69, 9.17) is 9.84 Å². The predicted molar refractivity (Wildman–Crippen MR) is 100 cm³/mol. The number of carboxylic acids is 1. The fourth-order valence-corrected chi connectivity index (χ4v) is 3.45. The second-order valence-electron chi connectivity index (χ2n) is 7.64. The zero-order valence-corrected chi connectivity index (χ0v) is 15.7. The van der Waals surface area contributed by atoms with Crippen LogP contribution in [0.3, 0.4) is 0 Å². The highest BCUT2D eigenvalue weighted by Crippen LogP contribution is 2.29. The normalized spacial score (nSPS) is 16.4. The number of carboxylic acid groups (broad SMARTS) is 1. The molecule has 1 aliphatic rings. The molecule has 1 aliphatic heterocycles. The Bertz CT molecular complexity index is 802. The fraction of sp³-hybridized carbons (Fsp3) is 0.429. The van der Waals surface area contributed by atoms with Crippen LogP contribution in [0.2, 0.25) is 0 Å². The van der Waals surface area contributed by atoms with E-state index >= 15 is 0 Å². The maximum atomic E-state index is 10.8. The van der Waals surface area contributed by atoms with E-state index in [1.165, 1.54) is 11.1 Å². The minimum absolute atomic E-state index is 0.159. The van der Waals surface area contributed by atoms with Crippen molar-refractivity contribution in [3.05, 3.63) is 58.9 Å². The minimum atomic E-state index is -0.761. The number of nitrogens with zero attached hydrogens (tertiary/aromatic N) is 2. The zero-order valence-electron chi connectivity index (χ0n) is 15.7. The smallest absolute Gasteiger partial charge is 0.303 e. The van der Waals surface area contributed by atoms with Crippen LogP contribution < -0.4 is 4.74 Å². The molecule has 0 bridgehead atoms. The number of carbonyl (C=O) groups is 1. The summed E-state index contributed by atoms with van der Waals surface area (Å²) in [6.45, 7) is 8.70. The van der Waals surface area contributed by atoms with Gasteiger partial charge >= 0.3 is 5.97 Å². The lowest BCUT2D eigenvalue weighted by atomic mass is 10.0. The molecule has 0 atom stereocenters. The van der Waals surface area contributed by atoms with E-state index in [-0.39, 0.29) is 12.0 Å². The van der Waals surface area contributed by atoms with Gasteiger partial charge < -0.3 is 9.84 Å². The van der Waals surface area contributed by atoms with Crippen molar-refractivity contribution in [2.75, 3.05) is 6.54 Å². The summed E-state index contributed by atoms with van der Waals surface area (Å²) in [5.41, 5.74) is 4.33. The van der Waals surface area contributed by atoms with Gasteiger partial charge in [-0.1, -0.05) is 18.2 Å². The van der Waals surface area contributed by atoms with E-state index in [1.807, 2.05) is 18.3 Å². The first kappa shape index (κ1) is 18.4. The summed E-state index contributed by atoms with van der Waals surface area (Å²) in [6.07, 6.45) is 4.36. The van der Waals surface area contributed by atoms with Gasteiger partial charge in [-0.3, -0.25) is 14.7 Å². The van der Waals surface area contributed by atoms with E-state index in [9.17, 15) is 4.79 Å². The number of ether oxygens (including phenoxy) is 1. The van der Waals surface area contributed by atoms with E-state index in [1.54, 1.807) is 6.20 Å². The molecule has 1 aromatic heterocycles. The third kappa shape index (κ3) is 4.61. The molecule has 5 heteroatoms. The van der Waals surface area contributed by atoms with Crippen molar-refractivity contribution in [1.29, 1.82) is 0 Å². The summed E-state index contributed by atoms with van der Waals surface area (Å²) >= 11 is 0. The molecular weight excluding hydrogens is 328 g/mol. The molecule has 0 aliphatic carbocycles. The lowest BCUT2D eigenvalue weighted by molar-refractivity contribution is -0.136. The topological polar surface area (TPSA) is 62.7 Å². The van der Waals surface area contributed by atoms with Gasteiger partial charge in [-0.25, -0.2) is 0 Å². The third-order valence-corrected chi connectivity index (χ3v) is 4.68. The van der Waals surface area contributed by atoms with Gasteiger partial charge in [0, 0.05) is 44.0 Å². The van der Waals surface area contributed by atoms with Gasteiger partial charge in [-0.15, -0.1) is 0 Å². The Morgan fingerprint density at radius 2 is 2.15 bits per heavy atom. The highest BCUT2D eigenvalue weighted by Gasteiger charge is 2.29. The summed E-state index contributed by atoms with van der Waals surface area (Å²) in [6, 6.07) is 8.18. The van der Waals surface area contributed by atoms with Crippen LogP contribution in [0.1, 0.15) is 42.5 Å². The van der Waals surface area contributed by atoms with E-state index in [0.29, 0.717) is 6.42 Å². The molecule has 0 saturated carbocycles. The molecule has 0 spiro atoms. The molecule has 0 unspecified atom stereocenters. The van der Waals surface area contributed by atoms with Crippen LogP contribution in [-0.2, 0) is 24.3 Å². The SMILES string of the molecule is Cc1ccc(CCC(=O)O)cc1CN1Cc2cnccc2OC(C)(C)C1. The molecule has 26 heavy (non-hydrogen) atoms. The fourth-order valence-electron chi connectivity index (χ4n) is 3.45. The van der Waals surface area contributed by atoms with Crippen LogP contribution in [0.25, 0.3) is 0 Å². The maximum absolute atomic E-state index is 10.8. The first-order valence-electron chi connectivity index (χ1n) is 8.97. The van der Waals surface area contributed by atoms with Gasteiger partial charge in [0.25, 0.3) is 0 Å². The molecule has 0 amide bonds. The Kier molecular flexibility index (Phi) is 5.28. The highest BCUT2D eigenvalue weighted by molar-refractivity contribution is 5.67. The molecule has 0 saturated heterocycles. The molecule has 2 aromatic rings. The van der Waals surface area contributed by atoms with Crippen LogP contribution in [-0.4, -0.2) is 33.1 Å². The maximum Gasteiger partial charge on any atom is 0.303 e. The Balaban J connectivity index is 1.81. The van der Waals surface area contributed by atoms with Crippen molar-refractivity contribution in [2.45, 2.75) is 52.3 Å². The van der Waals surface area contributed by atoms with Crippen LogP contribution in [0.5, 0.6) is 5.75 Å². The quantitative estimate of drug-likeness (QED) is 0.889. The van der Waals surface area contributed by atoms with E-state index in [2.05, 4.69) is 42.8 Å². The highest BCUT2D eigenvalue weighted by atomic mass is 16.5. The summed E-state index contributed by atoms with van der Waals surface area (Å²) in [4.78, 5) is 17.5. The van der Waals surface area contributed by atoms with Gasteiger partial charge in [-0.05, 0) is 49.9 Å². The van der Waals surface area contributed by atoms with Crippen LogP contribution in [0, 0.1) is 6.92 Å². The minimum Gasteiger partial charge on any atom is -0.486 e. The molecule has 2 heterocycles. The van der Waals surface area contributed by atoms with Crippen molar-refractivity contribution in [1.82, 2.24) is 9.88 Å². The predicted octanol–water partition coefficient (Wildman–Crippen LogP) is 3.58. The van der Waals surface area contributed by atoms with Gasteiger partial charge in [0.05, 0.1) is 0 Å². The number of aliphatic carboxylic acids is 1. The number of benzene rings is 1. The van der Waals surface area contributed by atoms with Crippen LogP contribution >= 0.6 is 0 Å². The monoisotopic (exact) mass is 354 g/mol. The van der Waals surface area contributed by atoms with Gasteiger partial charge in [-0.2, -0.15) is 0 Å². The molecule has 3 rings (SSSR count). The average molecular weight is 354 g/mol. The van der Waals surface area contributed by atoms with Crippen LogP contribution in [0.15, 0.2) is 36.7 Å². The van der Waals surface area contributed by atoms with E-state index in [0.717, 1.165) is 36.5 Å². The standard InChI is InChI=1S/C21H26N2O3/c1-15-4-5-16(6-7-20(24)25)10-17(15)12-23-13-18-11-22-9-8-19(18)26-21(2,3)14-23/h4-5,8-11H,6-7,12-14H2,1-3H3,(H,24,25). The number of hydrogen-bond acceptors (Lipinski definition) is 4. The Labute approximate surface area is 154 Å². The van der Waals surface area contributed by atoms with Gasteiger partial charge in [0.1, 0.15) is 11.4 Å². The first-order chi connectivity index (χ1) is 12.3. The Hall–Kier alpha value is -2.40. The number of hydrogen-bond donors (Lipinski definition) is 1. The number of rotatable bonds is 5. The van der Waals surface area contributed by atoms with Crippen molar-refractivity contribution >= 4 is 5.97 Å².